The number of hydrogen-bond donors (Lipinski definition) is 1. The highest BCUT2D eigenvalue weighted by Gasteiger charge is 2.52. The van der Waals surface area contributed by atoms with Gasteiger partial charge in [-0.3, -0.25) is 14.8 Å². The molecule has 0 aliphatic carbocycles. The van der Waals surface area contributed by atoms with E-state index in [4.69, 9.17) is 17.0 Å². The summed E-state index contributed by atoms with van der Waals surface area (Å²) in [6, 6.07) is 7.26. The fourth-order valence-corrected chi connectivity index (χ4v) is 6.20. The number of amidine groups is 1. The number of ether oxygens (including phenoxy) is 1. The van der Waals surface area contributed by atoms with Gasteiger partial charge in [-0.2, -0.15) is 0 Å². The van der Waals surface area contributed by atoms with Crippen LogP contribution in [0.5, 0.6) is 0 Å². The minimum absolute atomic E-state index is 0.0114. The van der Waals surface area contributed by atoms with Gasteiger partial charge in [-0.15, -0.1) is 0 Å². The van der Waals surface area contributed by atoms with Gasteiger partial charge in [0.15, 0.2) is 15.6 Å². The number of hydrogen-bond acceptors (Lipinski definition) is 7. The Hall–Kier alpha value is -3.16. The molecule has 0 amide bonds. The van der Waals surface area contributed by atoms with E-state index >= 15 is 4.39 Å². The van der Waals surface area contributed by atoms with Crippen LogP contribution in [-0.4, -0.2) is 49.2 Å². The maximum absolute atomic E-state index is 15.0. The number of pyridine rings is 1. The molecule has 2 N–H and O–H groups in total. The van der Waals surface area contributed by atoms with Crippen LogP contribution in [0.1, 0.15) is 28.5 Å². The Kier molecular flexibility index (Phi) is 5.56. The Labute approximate surface area is 185 Å². The molecule has 1 aromatic carbocycles. The smallest absolute Gasteiger partial charge is 0.205 e. The fraction of sp³-hybridized carbons (Fsp3) is 0.364. The molecule has 0 bridgehead atoms. The normalized spacial score (nSPS) is 26.5. The number of carbonyl (C=O) groups excluding carboxylic acids is 1. The molecule has 0 radical (unpaired) electrons. The molecular weight excluding hydrogens is 435 g/mol. The Balaban J connectivity index is 1.71. The maximum Gasteiger partial charge on any atom is 0.205 e. The summed E-state index contributed by atoms with van der Waals surface area (Å²) in [6.45, 7) is 8.74. The van der Waals surface area contributed by atoms with E-state index in [0.29, 0.717) is 11.3 Å². The number of Topliss-reactive ketones (excluding diaryl/α,β-unsaturated/α-hetero) is 1. The van der Waals surface area contributed by atoms with E-state index in [-0.39, 0.29) is 42.5 Å². The van der Waals surface area contributed by atoms with Crippen molar-refractivity contribution in [1.82, 2.24) is 4.98 Å². The predicted octanol–water partition coefficient (Wildman–Crippen LogP) is 2.21. The van der Waals surface area contributed by atoms with Crippen molar-refractivity contribution in [3.8, 4) is 0 Å². The third-order valence-electron chi connectivity index (χ3n) is 6.04. The number of nitrogens with two attached hydrogens (primary N) is 1. The molecule has 0 saturated carbocycles. The van der Waals surface area contributed by atoms with E-state index in [0.717, 1.165) is 0 Å². The van der Waals surface area contributed by atoms with Crippen molar-refractivity contribution in [2.24, 2.45) is 16.6 Å². The number of benzene rings is 1. The van der Waals surface area contributed by atoms with Gasteiger partial charge in [0.2, 0.25) is 5.69 Å². The highest BCUT2D eigenvalue weighted by Crippen LogP contribution is 2.44. The monoisotopic (exact) mass is 456 g/mol. The molecule has 166 valence electrons. The van der Waals surface area contributed by atoms with Crippen LogP contribution in [0.4, 0.5) is 10.1 Å². The second kappa shape index (κ2) is 8.07. The lowest BCUT2D eigenvalue weighted by Crippen LogP contribution is -2.40. The highest BCUT2D eigenvalue weighted by molar-refractivity contribution is 7.92. The van der Waals surface area contributed by atoms with Gasteiger partial charge in [-0.05, 0) is 30.7 Å². The van der Waals surface area contributed by atoms with Gasteiger partial charge >= 0.3 is 0 Å². The zero-order valence-electron chi connectivity index (χ0n) is 17.3. The summed E-state index contributed by atoms with van der Waals surface area (Å²) in [6.07, 6.45) is 1.27. The van der Waals surface area contributed by atoms with Crippen LogP contribution in [0, 0.1) is 18.3 Å². The number of aliphatic imine (C=N–C) groups is 1. The minimum atomic E-state index is -3.60. The van der Waals surface area contributed by atoms with Crippen LogP contribution in [0.25, 0.3) is 4.85 Å². The van der Waals surface area contributed by atoms with E-state index in [1.165, 1.54) is 36.5 Å². The predicted molar refractivity (Wildman–Crippen MR) is 116 cm³/mol. The van der Waals surface area contributed by atoms with Crippen LogP contribution in [-0.2, 0) is 26.5 Å². The van der Waals surface area contributed by atoms with Crippen molar-refractivity contribution in [1.29, 1.82) is 0 Å². The molecule has 32 heavy (non-hydrogen) atoms. The Morgan fingerprint density at radius 2 is 2.12 bits per heavy atom. The van der Waals surface area contributed by atoms with Crippen LogP contribution in [0.3, 0.4) is 0 Å². The van der Waals surface area contributed by atoms with Crippen molar-refractivity contribution in [3.63, 3.8) is 0 Å². The van der Waals surface area contributed by atoms with Crippen molar-refractivity contribution in [2.75, 3.05) is 19.0 Å². The summed E-state index contributed by atoms with van der Waals surface area (Å²) in [5.41, 5.74) is 5.86. The summed E-state index contributed by atoms with van der Waals surface area (Å²) >= 11 is 0. The molecular formula is C22H21FN4O4S. The molecule has 2 aromatic rings. The molecule has 8 nitrogen and oxygen atoms in total. The van der Waals surface area contributed by atoms with Gasteiger partial charge in [0.05, 0.1) is 30.6 Å². The van der Waals surface area contributed by atoms with Gasteiger partial charge in [0.1, 0.15) is 23.1 Å². The third kappa shape index (κ3) is 3.89. The van der Waals surface area contributed by atoms with Crippen molar-refractivity contribution in [3.05, 3.63) is 70.6 Å². The van der Waals surface area contributed by atoms with Gasteiger partial charge in [0, 0.05) is 24.1 Å². The molecule has 3 atom stereocenters. The van der Waals surface area contributed by atoms with Crippen molar-refractivity contribution >= 4 is 27.1 Å². The molecule has 2 aliphatic rings. The van der Waals surface area contributed by atoms with Crippen molar-refractivity contribution < 1.29 is 22.3 Å². The van der Waals surface area contributed by atoms with Crippen LogP contribution >= 0.6 is 0 Å². The largest absolute Gasteiger partial charge is 0.387 e. The van der Waals surface area contributed by atoms with E-state index in [9.17, 15) is 13.2 Å². The second-order valence-corrected chi connectivity index (χ2v) is 10.4. The first-order valence-electron chi connectivity index (χ1n) is 9.93. The first kappa shape index (κ1) is 22.0. The molecule has 0 unspecified atom stereocenters. The second-order valence-electron chi connectivity index (χ2n) is 8.17. The van der Waals surface area contributed by atoms with Crippen LogP contribution in [0.2, 0.25) is 0 Å². The molecule has 10 heteroatoms. The topological polar surface area (TPSA) is 116 Å². The number of aromatic nitrogens is 1. The lowest BCUT2D eigenvalue weighted by molar-refractivity contribution is 0.0988. The highest BCUT2D eigenvalue weighted by atomic mass is 32.2. The fourth-order valence-electron chi connectivity index (χ4n) is 4.36. The summed E-state index contributed by atoms with van der Waals surface area (Å²) in [7, 11) is -3.60. The zero-order chi connectivity index (χ0) is 23.1. The average Bonchev–Trinajstić information content (AvgIpc) is 3.24. The first-order chi connectivity index (χ1) is 15.1. The van der Waals surface area contributed by atoms with Gasteiger partial charge in [-0.1, -0.05) is 12.1 Å². The SMILES string of the molecule is [C-]#[N+]c1ccc(C(=O)Cc2ccc(F)c([C@@]3(C)N=C(N)CS(=O)(=O)[C@H]4COC[C@@H]43)c2)nc1. The lowest BCUT2D eigenvalue weighted by atomic mass is 9.78. The minimum Gasteiger partial charge on any atom is -0.387 e. The number of ketones is 1. The summed E-state index contributed by atoms with van der Waals surface area (Å²) in [4.78, 5) is 24.4. The number of rotatable bonds is 4. The molecule has 0 spiro atoms. The van der Waals surface area contributed by atoms with Crippen LogP contribution < -0.4 is 5.73 Å². The number of sulfone groups is 1. The quantitative estimate of drug-likeness (QED) is 0.557. The molecule has 1 fully saturated rings. The van der Waals surface area contributed by atoms with Gasteiger partial charge < -0.3 is 10.5 Å². The summed E-state index contributed by atoms with van der Waals surface area (Å²) in [5, 5.41) is -0.841. The van der Waals surface area contributed by atoms with Gasteiger partial charge in [0.25, 0.3) is 0 Å². The van der Waals surface area contributed by atoms with Gasteiger partial charge in [-0.25, -0.2) is 17.7 Å². The Bertz CT molecular complexity index is 1250. The summed E-state index contributed by atoms with van der Waals surface area (Å²) < 4.78 is 45.9. The number of fused-ring (bicyclic) bond motifs is 1. The Morgan fingerprint density at radius 1 is 1.34 bits per heavy atom. The Morgan fingerprint density at radius 3 is 2.81 bits per heavy atom. The van der Waals surface area contributed by atoms with E-state index in [1.54, 1.807) is 6.92 Å². The zero-order valence-corrected chi connectivity index (χ0v) is 18.1. The van der Waals surface area contributed by atoms with E-state index in [1.807, 2.05) is 0 Å². The third-order valence-corrected chi connectivity index (χ3v) is 8.13. The molecule has 4 rings (SSSR count). The van der Waals surface area contributed by atoms with E-state index < -0.39 is 38.1 Å². The van der Waals surface area contributed by atoms with Crippen LogP contribution in [0.15, 0.2) is 41.5 Å². The molecule has 1 saturated heterocycles. The lowest BCUT2D eigenvalue weighted by Gasteiger charge is -2.33. The van der Waals surface area contributed by atoms with Crippen molar-refractivity contribution in [2.45, 2.75) is 24.1 Å². The maximum atomic E-state index is 15.0. The summed E-state index contributed by atoms with van der Waals surface area (Å²) in [5.74, 6) is -1.95. The number of halogens is 1. The molecule has 2 aliphatic heterocycles. The first-order valence-corrected chi connectivity index (χ1v) is 11.6. The van der Waals surface area contributed by atoms with E-state index in [2.05, 4.69) is 14.8 Å². The molecule has 1 aromatic heterocycles. The molecule has 3 heterocycles. The average molecular weight is 456 g/mol. The number of nitrogens with zero attached hydrogens (tertiary/aromatic N) is 3. The number of carbonyl (C=O) groups is 1. The standard InChI is InChI=1S/C22H21FN4O4S/c1-22(16-10-31-11-20(16)32(29,30)12-21(24)27-22)15-7-13(3-5-17(15)23)8-19(28)18-6-4-14(25-2)9-26-18/h3-7,9,16,20H,8,10-12H2,1H3,(H2,24,27)/t16-,20-,22+/m0/s1.